The van der Waals surface area contributed by atoms with E-state index in [0.29, 0.717) is 12.0 Å². The van der Waals surface area contributed by atoms with Gasteiger partial charge < -0.3 is 9.84 Å². The molecule has 162 valence electrons. The number of hydrogen-bond acceptors (Lipinski definition) is 4. The van der Waals surface area contributed by atoms with Gasteiger partial charge in [-0.05, 0) is 50.9 Å². The van der Waals surface area contributed by atoms with Gasteiger partial charge in [0.25, 0.3) is 0 Å². The molecular formula is C24H36O5. The minimum absolute atomic E-state index is 0.00561. The van der Waals surface area contributed by atoms with Crippen LogP contribution < -0.4 is 0 Å². The molecule has 2 heterocycles. The molecule has 2 saturated heterocycles. The van der Waals surface area contributed by atoms with Gasteiger partial charge in [0, 0.05) is 0 Å². The standard InChI is InChI=1S/C24H36O5/c25-24(26)18-21-15-17-23(29-28-21)22-16-14-20(27-22)13-9-5-4-8-12-19-10-6-2-1-3-7-11-19/h1-3,6-7,10,19-23H,4-5,8-9,11-18H2,(H,25,26)/b2-1-,7-3-,10-6-/t19-,20-,21-,22+,23-/m0/s1. The van der Waals surface area contributed by atoms with Crippen molar-refractivity contribution in [1.29, 1.82) is 0 Å². The second-order valence-electron chi connectivity index (χ2n) is 8.59. The molecule has 2 fully saturated rings. The quantitative estimate of drug-likeness (QED) is 0.384. The molecule has 2 aliphatic heterocycles. The number of carboxylic acid groups (broad SMARTS) is 1. The van der Waals surface area contributed by atoms with E-state index in [1.54, 1.807) is 0 Å². The average Bonchev–Trinajstić information content (AvgIpc) is 3.15. The Morgan fingerprint density at radius 3 is 2.38 bits per heavy atom. The Bertz CT molecular complexity index is 574. The third kappa shape index (κ3) is 8.07. The molecule has 0 saturated carbocycles. The van der Waals surface area contributed by atoms with Crippen molar-refractivity contribution in [2.24, 2.45) is 5.92 Å². The second kappa shape index (κ2) is 12.3. The Labute approximate surface area is 174 Å². The summed E-state index contributed by atoms with van der Waals surface area (Å²) in [5, 5.41) is 8.83. The molecule has 0 aromatic heterocycles. The van der Waals surface area contributed by atoms with Crippen LogP contribution in [-0.2, 0) is 19.3 Å². The van der Waals surface area contributed by atoms with Crippen molar-refractivity contribution >= 4 is 5.97 Å². The maximum absolute atomic E-state index is 10.8. The molecule has 3 aliphatic rings. The van der Waals surface area contributed by atoms with Crippen LogP contribution in [0.1, 0.15) is 77.0 Å². The van der Waals surface area contributed by atoms with Crippen LogP contribution in [0.5, 0.6) is 0 Å². The molecule has 0 aromatic carbocycles. The number of carboxylic acids is 1. The molecule has 29 heavy (non-hydrogen) atoms. The average molecular weight is 405 g/mol. The molecule has 1 aliphatic carbocycles. The summed E-state index contributed by atoms with van der Waals surface area (Å²) in [5.41, 5.74) is 0. The van der Waals surface area contributed by atoms with Crippen LogP contribution in [0.15, 0.2) is 36.5 Å². The minimum atomic E-state index is -0.843. The molecule has 0 bridgehead atoms. The van der Waals surface area contributed by atoms with Crippen LogP contribution in [0, 0.1) is 5.92 Å². The number of aliphatic carboxylic acids is 1. The zero-order valence-corrected chi connectivity index (χ0v) is 17.4. The van der Waals surface area contributed by atoms with E-state index in [-0.39, 0.29) is 24.7 Å². The van der Waals surface area contributed by atoms with Gasteiger partial charge in [0.05, 0.1) is 18.6 Å². The molecule has 0 radical (unpaired) electrons. The number of allylic oxidation sites excluding steroid dienone is 6. The van der Waals surface area contributed by atoms with Gasteiger partial charge in [0.1, 0.15) is 12.2 Å². The molecule has 0 unspecified atom stereocenters. The van der Waals surface area contributed by atoms with Gasteiger partial charge in [0.2, 0.25) is 0 Å². The summed E-state index contributed by atoms with van der Waals surface area (Å²) in [7, 11) is 0. The van der Waals surface area contributed by atoms with E-state index in [2.05, 4.69) is 36.5 Å². The third-order valence-electron chi connectivity index (χ3n) is 6.19. The van der Waals surface area contributed by atoms with Gasteiger partial charge in [-0.2, -0.15) is 0 Å². The number of ether oxygens (including phenoxy) is 1. The Morgan fingerprint density at radius 1 is 0.828 bits per heavy atom. The van der Waals surface area contributed by atoms with Crippen molar-refractivity contribution in [2.45, 2.75) is 101 Å². The van der Waals surface area contributed by atoms with E-state index >= 15 is 0 Å². The van der Waals surface area contributed by atoms with Gasteiger partial charge in [-0.3, -0.25) is 4.79 Å². The Balaban J connectivity index is 1.22. The van der Waals surface area contributed by atoms with Crippen LogP contribution in [-0.4, -0.2) is 35.5 Å². The highest BCUT2D eigenvalue weighted by Gasteiger charge is 2.36. The first-order chi connectivity index (χ1) is 14.2. The highest BCUT2D eigenvalue weighted by atomic mass is 17.2. The van der Waals surface area contributed by atoms with Crippen molar-refractivity contribution in [3.05, 3.63) is 36.5 Å². The van der Waals surface area contributed by atoms with Crippen molar-refractivity contribution in [1.82, 2.24) is 0 Å². The fourth-order valence-corrected chi connectivity index (χ4v) is 4.50. The zero-order valence-electron chi connectivity index (χ0n) is 17.4. The lowest BCUT2D eigenvalue weighted by Gasteiger charge is -2.30. The zero-order chi connectivity index (χ0) is 20.3. The lowest BCUT2D eigenvalue weighted by molar-refractivity contribution is -0.385. The normalized spacial score (nSPS) is 35.5. The first-order valence-corrected chi connectivity index (χ1v) is 11.4. The van der Waals surface area contributed by atoms with Crippen molar-refractivity contribution in [2.75, 3.05) is 0 Å². The molecule has 5 nitrogen and oxygen atoms in total. The summed E-state index contributed by atoms with van der Waals surface area (Å²) in [6.45, 7) is 0. The highest BCUT2D eigenvalue weighted by Crippen LogP contribution is 2.32. The molecular weight excluding hydrogens is 368 g/mol. The number of hydrogen-bond donors (Lipinski definition) is 1. The second-order valence-corrected chi connectivity index (χ2v) is 8.59. The van der Waals surface area contributed by atoms with Gasteiger partial charge in [-0.15, -0.1) is 0 Å². The smallest absolute Gasteiger partial charge is 0.306 e. The fourth-order valence-electron chi connectivity index (χ4n) is 4.50. The molecule has 0 spiro atoms. The van der Waals surface area contributed by atoms with E-state index < -0.39 is 5.97 Å². The Hall–Kier alpha value is -1.43. The monoisotopic (exact) mass is 404 g/mol. The molecule has 5 atom stereocenters. The maximum atomic E-state index is 10.8. The largest absolute Gasteiger partial charge is 0.481 e. The summed E-state index contributed by atoms with van der Waals surface area (Å²) >= 11 is 0. The van der Waals surface area contributed by atoms with Gasteiger partial charge in [-0.25, -0.2) is 9.78 Å². The predicted octanol–water partition coefficient (Wildman–Crippen LogP) is 5.52. The summed E-state index contributed by atoms with van der Waals surface area (Å²) in [5.74, 6) is -0.160. The molecule has 0 amide bonds. The minimum Gasteiger partial charge on any atom is -0.481 e. The van der Waals surface area contributed by atoms with E-state index in [1.807, 2.05) is 0 Å². The Morgan fingerprint density at radius 2 is 1.59 bits per heavy atom. The van der Waals surface area contributed by atoms with Crippen LogP contribution in [0.2, 0.25) is 0 Å². The van der Waals surface area contributed by atoms with Crippen LogP contribution in [0.4, 0.5) is 0 Å². The molecule has 5 heteroatoms. The molecule has 1 N–H and O–H groups in total. The van der Waals surface area contributed by atoms with Crippen molar-refractivity contribution < 1.29 is 24.4 Å². The topological polar surface area (TPSA) is 65.0 Å². The van der Waals surface area contributed by atoms with Crippen LogP contribution in [0.25, 0.3) is 0 Å². The van der Waals surface area contributed by atoms with E-state index in [0.717, 1.165) is 38.5 Å². The third-order valence-corrected chi connectivity index (χ3v) is 6.19. The number of carbonyl (C=O) groups is 1. The maximum Gasteiger partial charge on any atom is 0.306 e. The Kier molecular flexibility index (Phi) is 9.45. The summed E-state index contributed by atoms with van der Waals surface area (Å²) in [6, 6.07) is 0. The molecule has 3 rings (SSSR count). The van der Waals surface area contributed by atoms with Crippen LogP contribution in [0.3, 0.4) is 0 Å². The van der Waals surface area contributed by atoms with Crippen molar-refractivity contribution in [3.8, 4) is 0 Å². The fraction of sp³-hybridized carbons (Fsp3) is 0.708. The van der Waals surface area contributed by atoms with Gasteiger partial charge >= 0.3 is 5.97 Å². The van der Waals surface area contributed by atoms with E-state index in [4.69, 9.17) is 19.6 Å². The lowest BCUT2D eigenvalue weighted by atomic mass is 9.95. The van der Waals surface area contributed by atoms with Gasteiger partial charge in [0.15, 0.2) is 0 Å². The SMILES string of the molecule is O=C(O)C[C@@H]1CC[C@@H]([C@H]2CC[C@H](CCCCCC[C@H]3\C=C/C=C\C=C/C3)O2)OO1. The lowest BCUT2D eigenvalue weighted by Crippen LogP contribution is -2.37. The van der Waals surface area contributed by atoms with Gasteiger partial charge in [-0.1, -0.05) is 62.1 Å². The van der Waals surface area contributed by atoms with E-state index in [9.17, 15) is 4.79 Å². The number of unbranched alkanes of at least 4 members (excludes halogenated alkanes) is 3. The molecule has 0 aromatic rings. The summed E-state index contributed by atoms with van der Waals surface area (Å²) in [4.78, 5) is 21.5. The predicted molar refractivity (Wildman–Crippen MR) is 112 cm³/mol. The first kappa shape index (κ1) is 22.3. The van der Waals surface area contributed by atoms with Crippen LogP contribution >= 0.6 is 0 Å². The van der Waals surface area contributed by atoms with Crippen molar-refractivity contribution in [3.63, 3.8) is 0 Å². The number of rotatable bonds is 10. The summed E-state index contributed by atoms with van der Waals surface area (Å²) in [6.07, 6.45) is 25.5. The summed E-state index contributed by atoms with van der Waals surface area (Å²) < 4.78 is 6.20. The van der Waals surface area contributed by atoms with E-state index in [1.165, 1.54) is 32.1 Å². The highest BCUT2D eigenvalue weighted by molar-refractivity contribution is 5.67. The first-order valence-electron chi connectivity index (χ1n) is 11.4.